The van der Waals surface area contributed by atoms with Gasteiger partial charge in [-0.2, -0.15) is 5.26 Å². The summed E-state index contributed by atoms with van der Waals surface area (Å²) >= 11 is 0. The highest BCUT2D eigenvalue weighted by Gasteiger charge is 2.20. The van der Waals surface area contributed by atoms with Gasteiger partial charge in [0.2, 0.25) is 0 Å². The van der Waals surface area contributed by atoms with E-state index in [4.69, 9.17) is 14.6 Å². The van der Waals surface area contributed by atoms with Crippen molar-refractivity contribution >= 4 is 5.97 Å². The first-order chi connectivity index (χ1) is 10.1. The first-order valence-corrected chi connectivity index (χ1v) is 6.64. The fraction of sp³-hybridized carbons (Fsp3) is 0.467. The molecule has 0 fully saturated rings. The van der Waals surface area contributed by atoms with Gasteiger partial charge in [-0.05, 0) is 24.2 Å². The molecule has 0 aromatic heterocycles. The first-order valence-electron chi connectivity index (χ1n) is 6.64. The Morgan fingerprint density at radius 2 is 2.05 bits per heavy atom. The van der Waals surface area contributed by atoms with E-state index in [9.17, 15) is 10.1 Å². The molecule has 0 saturated heterocycles. The lowest BCUT2D eigenvalue weighted by atomic mass is 10.1. The Hall–Kier alpha value is -2.26. The molecule has 0 saturated carbocycles. The summed E-state index contributed by atoms with van der Waals surface area (Å²) in [7, 11) is 3.08. The Balaban J connectivity index is 3.02. The van der Waals surface area contributed by atoms with Crippen molar-refractivity contribution in [1.82, 2.24) is 4.90 Å². The van der Waals surface area contributed by atoms with Gasteiger partial charge in [-0.3, -0.25) is 9.69 Å². The van der Waals surface area contributed by atoms with Crippen molar-refractivity contribution in [3.05, 3.63) is 23.8 Å². The molecule has 6 nitrogen and oxygen atoms in total. The molecule has 1 aromatic rings. The van der Waals surface area contributed by atoms with Crippen LogP contribution in [0.25, 0.3) is 0 Å². The number of methoxy groups -OCH3 is 2. The molecule has 1 unspecified atom stereocenters. The van der Waals surface area contributed by atoms with Gasteiger partial charge in [-0.15, -0.1) is 0 Å². The lowest BCUT2D eigenvalue weighted by molar-refractivity contribution is -0.137. The lowest BCUT2D eigenvalue weighted by Crippen LogP contribution is -2.30. The maximum Gasteiger partial charge on any atom is 0.304 e. The highest BCUT2D eigenvalue weighted by molar-refractivity contribution is 5.66. The number of nitriles is 1. The molecule has 1 rings (SSSR count). The normalized spacial score (nSPS) is 11.8. The predicted octanol–water partition coefficient (Wildman–Crippen LogP) is 2.07. The summed E-state index contributed by atoms with van der Waals surface area (Å²) in [5.41, 5.74) is 0.752. The van der Waals surface area contributed by atoms with E-state index in [-0.39, 0.29) is 6.42 Å². The zero-order chi connectivity index (χ0) is 15.8. The minimum Gasteiger partial charge on any atom is -0.493 e. The molecule has 0 bridgehead atoms. The van der Waals surface area contributed by atoms with Crippen LogP contribution in [0.4, 0.5) is 0 Å². The first kappa shape index (κ1) is 16.8. The summed E-state index contributed by atoms with van der Waals surface area (Å²) in [6, 6.07) is 6.98. The van der Waals surface area contributed by atoms with Crippen LogP contribution in [-0.2, 0) is 4.79 Å². The van der Waals surface area contributed by atoms with Gasteiger partial charge >= 0.3 is 5.97 Å². The number of nitrogens with zero attached hydrogens (tertiary/aromatic N) is 2. The Kier molecular flexibility index (Phi) is 6.50. The average Bonchev–Trinajstić information content (AvgIpc) is 2.50. The van der Waals surface area contributed by atoms with E-state index in [0.29, 0.717) is 24.6 Å². The smallest absolute Gasteiger partial charge is 0.304 e. The van der Waals surface area contributed by atoms with Gasteiger partial charge < -0.3 is 14.6 Å². The maximum absolute atomic E-state index is 10.7. The number of carboxylic acid groups (broad SMARTS) is 1. The van der Waals surface area contributed by atoms with E-state index in [1.54, 1.807) is 25.3 Å². The zero-order valence-corrected chi connectivity index (χ0v) is 12.5. The molecular formula is C15H20N2O4. The summed E-state index contributed by atoms with van der Waals surface area (Å²) in [4.78, 5) is 12.5. The van der Waals surface area contributed by atoms with Gasteiger partial charge in [0.25, 0.3) is 0 Å². The Morgan fingerprint density at radius 3 is 2.52 bits per heavy atom. The van der Waals surface area contributed by atoms with Crippen LogP contribution >= 0.6 is 0 Å². The molecule has 114 valence electrons. The number of carbonyl (C=O) groups is 1. The third-order valence-electron chi connectivity index (χ3n) is 3.23. The van der Waals surface area contributed by atoms with Gasteiger partial charge in [0.05, 0.1) is 26.7 Å². The predicted molar refractivity (Wildman–Crippen MR) is 77.4 cm³/mol. The van der Waals surface area contributed by atoms with Gasteiger partial charge in [0.1, 0.15) is 6.04 Å². The van der Waals surface area contributed by atoms with Crippen molar-refractivity contribution in [2.75, 3.05) is 27.3 Å². The van der Waals surface area contributed by atoms with Crippen LogP contribution in [-0.4, -0.2) is 43.3 Å². The van der Waals surface area contributed by atoms with Gasteiger partial charge in [0.15, 0.2) is 11.5 Å². The van der Waals surface area contributed by atoms with Crippen LogP contribution in [0.15, 0.2) is 18.2 Å². The molecule has 0 amide bonds. The quantitative estimate of drug-likeness (QED) is 0.789. The molecule has 0 spiro atoms. The van der Waals surface area contributed by atoms with Crippen molar-refractivity contribution in [1.29, 1.82) is 5.26 Å². The number of benzene rings is 1. The summed E-state index contributed by atoms with van der Waals surface area (Å²) in [6.45, 7) is 2.80. The molecule has 1 atom stereocenters. The topological polar surface area (TPSA) is 82.8 Å². The standard InChI is InChI=1S/C15H20N2O4/c1-4-17(8-7-15(18)19)12(10-16)11-5-6-13(20-2)14(9-11)21-3/h5-6,9,12H,4,7-8H2,1-3H3,(H,18,19). The van der Waals surface area contributed by atoms with Crippen LogP contribution in [0.1, 0.15) is 24.9 Å². The third kappa shape index (κ3) is 4.36. The fourth-order valence-electron chi connectivity index (χ4n) is 2.10. The number of hydrogen-bond donors (Lipinski definition) is 1. The van der Waals surface area contributed by atoms with Crippen molar-refractivity contribution < 1.29 is 19.4 Å². The molecular weight excluding hydrogens is 272 g/mol. The van der Waals surface area contributed by atoms with Crippen molar-refractivity contribution in [2.45, 2.75) is 19.4 Å². The van der Waals surface area contributed by atoms with Crippen LogP contribution in [0.5, 0.6) is 11.5 Å². The summed E-state index contributed by atoms with van der Waals surface area (Å²) < 4.78 is 10.4. The number of rotatable bonds is 8. The SMILES string of the molecule is CCN(CCC(=O)O)C(C#N)c1ccc(OC)c(OC)c1. The molecule has 6 heteroatoms. The van der Waals surface area contributed by atoms with Crippen LogP contribution in [0, 0.1) is 11.3 Å². The maximum atomic E-state index is 10.7. The second-order valence-corrected chi connectivity index (χ2v) is 4.42. The molecule has 0 aliphatic heterocycles. The molecule has 0 aliphatic rings. The molecule has 0 heterocycles. The van der Waals surface area contributed by atoms with E-state index in [2.05, 4.69) is 6.07 Å². The number of ether oxygens (including phenoxy) is 2. The molecule has 1 aromatic carbocycles. The summed E-state index contributed by atoms with van der Waals surface area (Å²) in [6.07, 6.45) is -0.000685. The minimum absolute atomic E-state index is 0.000685. The zero-order valence-electron chi connectivity index (χ0n) is 12.5. The molecule has 1 N–H and O–H groups in total. The average molecular weight is 292 g/mol. The van der Waals surface area contributed by atoms with Gasteiger partial charge in [0, 0.05) is 6.54 Å². The highest BCUT2D eigenvalue weighted by atomic mass is 16.5. The van der Waals surface area contributed by atoms with E-state index in [0.717, 1.165) is 5.56 Å². The number of carboxylic acids is 1. The highest BCUT2D eigenvalue weighted by Crippen LogP contribution is 2.31. The van der Waals surface area contributed by atoms with E-state index in [1.807, 2.05) is 11.8 Å². The van der Waals surface area contributed by atoms with E-state index >= 15 is 0 Å². The van der Waals surface area contributed by atoms with Crippen molar-refractivity contribution in [3.63, 3.8) is 0 Å². The molecule has 21 heavy (non-hydrogen) atoms. The third-order valence-corrected chi connectivity index (χ3v) is 3.23. The molecule has 0 aliphatic carbocycles. The largest absolute Gasteiger partial charge is 0.493 e. The summed E-state index contributed by atoms with van der Waals surface area (Å²) in [5.74, 6) is 0.258. The van der Waals surface area contributed by atoms with Crippen LogP contribution < -0.4 is 9.47 Å². The lowest BCUT2D eigenvalue weighted by Gasteiger charge is -2.25. The Bertz CT molecular complexity index is 525. The Labute approximate surface area is 124 Å². The van der Waals surface area contributed by atoms with Crippen LogP contribution in [0.3, 0.4) is 0 Å². The minimum atomic E-state index is -0.877. The van der Waals surface area contributed by atoms with E-state index in [1.165, 1.54) is 7.11 Å². The second kappa shape index (κ2) is 8.12. The Morgan fingerprint density at radius 1 is 1.38 bits per heavy atom. The van der Waals surface area contributed by atoms with Crippen molar-refractivity contribution in [2.24, 2.45) is 0 Å². The van der Waals surface area contributed by atoms with Crippen LogP contribution in [0.2, 0.25) is 0 Å². The number of aliphatic carboxylic acids is 1. The molecule has 0 radical (unpaired) electrons. The second-order valence-electron chi connectivity index (χ2n) is 4.42. The van der Waals surface area contributed by atoms with Gasteiger partial charge in [-0.1, -0.05) is 13.0 Å². The monoisotopic (exact) mass is 292 g/mol. The summed E-state index contributed by atoms with van der Waals surface area (Å²) in [5, 5.41) is 18.2. The van der Waals surface area contributed by atoms with Crippen molar-refractivity contribution in [3.8, 4) is 17.6 Å². The van der Waals surface area contributed by atoms with E-state index < -0.39 is 12.0 Å². The fourth-order valence-corrected chi connectivity index (χ4v) is 2.10. The number of hydrogen-bond acceptors (Lipinski definition) is 5. The van der Waals surface area contributed by atoms with Gasteiger partial charge in [-0.25, -0.2) is 0 Å².